The van der Waals surface area contributed by atoms with Crippen molar-refractivity contribution in [3.63, 3.8) is 0 Å². The van der Waals surface area contributed by atoms with Gasteiger partial charge < -0.3 is 22.8 Å². The molecule has 5 atom stereocenters. The van der Waals surface area contributed by atoms with E-state index in [-0.39, 0.29) is 39.5 Å². The van der Waals surface area contributed by atoms with Gasteiger partial charge in [0.25, 0.3) is 0 Å². The van der Waals surface area contributed by atoms with Crippen molar-refractivity contribution in [2.45, 2.75) is 154 Å². The van der Waals surface area contributed by atoms with E-state index in [1.54, 1.807) is 0 Å². The smallest absolute Gasteiger partial charge is 0.194 e. The Morgan fingerprint density at radius 3 is 1.52 bits per heavy atom. The zero-order valence-electron chi connectivity index (χ0n) is 24.6. The van der Waals surface area contributed by atoms with Crippen LogP contribution >= 0.6 is 0 Å². The first-order chi connectivity index (χ1) is 14.3. The normalized spacial score (nSPS) is 32.0. The lowest BCUT2D eigenvalue weighted by Crippen LogP contribution is -2.61. The maximum absolute atomic E-state index is 7.05. The van der Waals surface area contributed by atoms with Crippen LogP contribution in [0.2, 0.25) is 54.4 Å². The Bertz CT molecular complexity index is 698. The van der Waals surface area contributed by atoms with Crippen molar-refractivity contribution in [1.82, 2.24) is 0 Å². The molecular weight excluding hydrogens is 465 g/mol. The zero-order chi connectivity index (χ0) is 26.1. The molecule has 8 heteroatoms. The highest BCUT2D eigenvalue weighted by molar-refractivity contribution is 6.75. The fourth-order valence-corrected chi connectivity index (χ4v) is 7.22. The van der Waals surface area contributed by atoms with Gasteiger partial charge in [-0.15, -0.1) is 0 Å². The molecule has 2 bridgehead atoms. The number of ether oxygens (including phenoxy) is 2. The Hall–Kier alpha value is 0.451. The molecule has 5 nitrogen and oxygen atoms in total. The molecule has 0 aromatic carbocycles. The molecule has 2 aliphatic rings. The maximum Gasteiger partial charge on any atom is 0.194 e. The number of hydrogen-bond acceptors (Lipinski definition) is 5. The van der Waals surface area contributed by atoms with Crippen LogP contribution in [0.25, 0.3) is 0 Å². The van der Waals surface area contributed by atoms with Gasteiger partial charge in [0.2, 0.25) is 0 Å². The molecule has 2 rings (SSSR count). The van der Waals surface area contributed by atoms with Gasteiger partial charge in [-0.25, -0.2) is 0 Å². The van der Waals surface area contributed by atoms with Crippen LogP contribution < -0.4 is 0 Å². The van der Waals surface area contributed by atoms with Crippen molar-refractivity contribution in [2.24, 2.45) is 0 Å². The monoisotopic (exact) mass is 518 g/mol. The van der Waals surface area contributed by atoms with Crippen LogP contribution in [0.1, 0.15) is 69.2 Å². The van der Waals surface area contributed by atoms with E-state index in [0.29, 0.717) is 6.61 Å². The van der Waals surface area contributed by atoms with E-state index >= 15 is 0 Å². The predicted octanol–water partition coefficient (Wildman–Crippen LogP) is 7.30. The first kappa shape index (κ1) is 29.7. The summed E-state index contributed by atoms with van der Waals surface area (Å²) >= 11 is 0. The van der Waals surface area contributed by atoms with Gasteiger partial charge in [0.1, 0.15) is 24.4 Å². The third-order valence-corrected chi connectivity index (χ3v) is 22.6. The first-order valence-corrected chi connectivity index (χ1v) is 21.4. The van der Waals surface area contributed by atoms with Crippen LogP contribution in [0, 0.1) is 0 Å². The molecule has 2 aliphatic heterocycles. The lowest BCUT2D eigenvalue weighted by atomic mass is 9.99. The average Bonchev–Trinajstić information content (AvgIpc) is 3.02. The van der Waals surface area contributed by atoms with Crippen LogP contribution in [0.3, 0.4) is 0 Å². The Morgan fingerprint density at radius 1 is 0.667 bits per heavy atom. The summed E-state index contributed by atoms with van der Waals surface area (Å²) < 4.78 is 33.7. The van der Waals surface area contributed by atoms with Crippen molar-refractivity contribution >= 4 is 25.0 Å². The fraction of sp³-hybridized carbons (Fsp3) is 1.00. The fourth-order valence-electron chi connectivity index (χ4n) is 3.57. The molecule has 1 unspecified atom stereocenters. The molecular formula is C25H54O5Si3. The molecule has 0 aliphatic carbocycles. The Balaban J connectivity index is 2.35. The van der Waals surface area contributed by atoms with Crippen molar-refractivity contribution in [3.8, 4) is 0 Å². The largest absolute Gasteiger partial charge is 0.414 e. The van der Waals surface area contributed by atoms with Gasteiger partial charge in [-0.1, -0.05) is 62.3 Å². The van der Waals surface area contributed by atoms with Crippen LogP contribution in [-0.4, -0.2) is 61.8 Å². The lowest BCUT2D eigenvalue weighted by Gasteiger charge is -2.48. The van der Waals surface area contributed by atoms with E-state index in [1.165, 1.54) is 0 Å². The molecule has 2 fully saturated rings. The molecule has 0 N–H and O–H groups in total. The van der Waals surface area contributed by atoms with Crippen LogP contribution in [-0.2, 0) is 22.8 Å². The summed E-state index contributed by atoms with van der Waals surface area (Å²) in [5.41, 5.74) is 0. The Labute approximate surface area is 208 Å². The Morgan fingerprint density at radius 2 is 1.09 bits per heavy atom. The molecule has 0 aromatic heterocycles. The second-order valence-corrected chi connectivity index (χ2v) is 29.3. The van der Waals surface area contributed by atoms with Gasteiger partial charge in [-0.2, -0.15) is 0 Å². The lowest BCUT2D eigenvalue weighted by molar-refractivity contribution is -0.205. The second-order valence-electron chi connectivity index (χ2n) is 15.0. The SMILES string of the molecule is CC12O[C@H]([C@H](O[Si](C)(C)C(C)(C)C)[C@H]1O[Si](C)(C)C(C)(C)C)[C@@H](CO[Si](C)(C)C(C)(C)C)O2. The summed E-state index contributed by atoms with van der Waals surface area (Å²) in [5.74, 6) is -0.811. The Kier molecular flexibility index (Phi) is 7.90. The molecule has 33 heavy (non-hydrogen) atoms. The molecule has 2 heterocycles. The van der Waals surface area contributed by atoms with E-state index in [9.17, 15) is 0 Å². The zero-order valence-corrected chi connectivity index (χ0v) is 27.6. The van der Waals surface area contributed by atoms with E-state index in [0.717, 1.165) is 0 Å². The summed E-state index contributed by atoms with van der Waals surface area (Å²) in [4.78, 5) is 0. The van der Waals surface area contributed by atoms with Crippen LogP contribution in [0.15, 0.2) is 0 Å². The van der Waals surface area contributed by atoms with Gasteiger partial charge in [0.15, 0.2) is 30.7 Å². The standard InChI is InChI=1S/C25H54O5Si3/c1-22(2,3)31(11,12)26-17-18-19-20(29-32(13,14)23(4,5)6)21(25(10,27-18)28-19)30-33(15,16)24(7,8)9/h18-21H,17H2,1-16H3/t18-,19+,20+,21-,25?/m1/s1. The van der Waals surface area contributed by atoms with Gasteiger partial charge >= 0.3 is 0 Å². The number of rotatable bonds is 7. The molecule has 0 saturated carbocycles. The topological polar surface area (TPSA) is 46.2 Å². The molecule has 0 aromatic rings. The van der Waals surface area contributed by atoms with Crippen LogP contribution in [0.5, 0.6) is 0 Å². The van der Waals surface area contributed by atoms with E-state index in [2.05, 4.69) is 102 Å². The molecule has 2 saturated heterocycles. The molecule has 0 radical (unpaired) electrons. The minimum atomic E-state index is -2.06. The van der Waals surface area contributed by atoms with Crippen molar-refractivity contribution in [1.29, 1.82) is 0 Å². The van der Waals surface area contributed by atoms with E-state index < -0.39 is 30.7 Å². The highest BCUT2D eigenvalue weighted by Crippen LogP contribution is 2.51. The predicted molar refractivity (Wildman–Crippen MR) is 145 cm³/mol. The quantitative estimate of drug-likeness (QED) is 0.331. The van der Waals surface area contributed by atoms with Crippen molar-refractivity contribution < 1.29 is 22.8 Å². The molecule has 0 spiro atoms. The van der Waals surface area contributed by atoms with Gasteiger partial charge in [-0.3, -0.25) is 0 Å². The first-order valence-electron chi connectivity index (χ1n) is 12.7. The number of fused-ring (bicyclic) bond motifs is 2. The van der Waals surface area contributed by atoms with Gasteiger partial charge in [0, 0.05) is 0 Å². The summed E-state index contributed by atoms with van der Waals surface area (Å²) in [6.45, 7) is 36.9. The van der Waals surface area contributed by atoms with E-state index in [4.69, 9.17) is 22.8 Å². The van der Waals surface area contributed by atoms with Crippen LogP contribution in [0.4, 0.5) is 0 Å². The van der Waals surface area contributed by atoms with Crippen molar-refractivity contribution in [2.75, 3.05) is 6.61 Å². The minimum Gasteiger partial charge on any atom is -0.414 e. The highest BCUT2D eigenvalue weighted by Gasteiger charge is 2.66. The van der Waals surface area contributed by atoms with Gasteiger partial charge in [0.05, 0.1) is 6.61 Å². The minimum absolute atomic E-state index is 0.0948. The maximum atomic E-state index is 7.05. The van der Waals surface area contributed by atoms with Crippen molar-refractivity contribution in [3.05, 3.63) is 0 Å². The third-order valence-electron chi connectivity index (χ3n) is 9.14. The van der Waals surface area contributed by atoms with Gasteiger partial charge in [-0.05, 0) is 61.3 Å². The average molecular weight is 519 g/mol. The van der Waals surface area contributed by atoms with E-state index in [1.807, 2.05) is 6.92 Å². The third kappa shape index (κ3) is 5.89. The molecule has 196 valence electrons. The number of hydrogen-bond donors (Lipinski definition) is 0. The summed E-state index contributed by atoms with van der Waals surface area (Å²) in [6.07, 6.45) is -0.699. The summed E-state index contributed by atoms with van der Waals surface area (Å²) in [7, 11) is -6.01. The summed E-state index contributed by atoms with van der Waals surface area (Å²) in [6, 6.07) is 0. The molecule has 0 amide bonds. The second kappa shape index (κ2) is 8.78. The highest BCUT2D eigenvalue weighted by atomic mass is 28.4. The summed E-state index contributed by atoms with van der Waals surface area (Å²) in [5, 5.41) is 0.350.